The number of nitrogens with one attached hydrogen (secondary N) is 1. The maximum Gasteiger partial charge on any atom is 0.449 e. The molecule has 7 nitrogen and oxygen atoms in total. The highest BCUT2D eigenvalue weighted by atomic mass is 32.1. The average molecular weight is 380 g/mol. The Hall–Kier alpha value is -2.56. The molecule has 25 heavy (non-hydrogen) atoms. The zero-order chi connectivity index (χ0) is 19.2. The van der Waals surface area contributed by atoms with Gasteiger partial charge in [0.25, 0.3) is 0 Å². The molecule has 1 heterocycles. The van der Waals surface area contributed by atoms with Crippen LogP contribution in [-0.4, -0.2) is 43.2 Å². The molecule has 1 rings (SSSR count). The largest absolute Gasteiger partial charge is 0.504 e. The number of esters is 2. The number of thiophene rings is 1. The summed E-state index contributed by atoms with van der Waals surface area (Å²) in [6.07, 6.45) is -4.68. The number of rotatable bonds is 6. The number of anilines is 1. The van der Waals surface area contributed by atoms with E-state index < -0.39 is 29.4 Å². The first-order valence-electron chi connectivity index (χ1n) is 6.76. The van der Waals surface area contributed by atoms with E-state index in [1.54, 1.807) is 12.3 Å². The normalized spacial score (nSPS) is 12.7. The Morgan fingerprint density at radius 1 is 1.44 bits per heavy atom. The van der Waals surface area contributed by atoms with E-state index >= 15 is 0 Å². The number of aliphatic hydroxyl groups excluding tert-OH is 1. The van der Waals surface area contributed by atoms with Crippen LogP contribution < -0.4 is 5.43 Å². The van der Waals surface area contributed by atoms with E-state index in [1.165, 1.54) is 14.0 Å². The second-order valence-electron chi connectivity index (χ2n) is 4.46. The van der Waals surface area contributed by atoms with Gasteiger partial charge in [0, 0.05) is 0 Å². The van der Waals surface area contributed by atoms with E-state index in [-0.39, 0.29) is 17.2 Å². The Labute approximate surface area is 144 Å². The highest BCUT2D eigenvalue weighted by Crippen LogP contribution is 2.29. The van der Waals surface area contributed by atoms with Crippen LogP contribution in [0.5, 0.6) is 0 Å². The van der Waals surface area contributed by atoms with E-state index in [1.807, 2.05) is 0 Å². The van der Waals surface area contributed by atoms with Crippen molar-refractivity contribution in [2.45, 2.75) is 20.0 Å². The van der Waals surface area contributed by atoms with Crippen LogP contribution in [0.2, 0.25) is 0 Å². The summed E-state index contributed by atoms with van der Waals surface area (Å²) in [5, 5.41) is 14.3. The highest BCUT2D eigenvalue weighted by Gasteiger charge is 2.38. The lowest BCUT2D eigenvalue weighted by molar-refractivity contribution is -0.141. The Morgan fingerprint density at radius 3 is 2.60 bits per heavy atom. The lowest BCUT2D eigenvalue weighted by Gasteiger charge is -2.09. The number of nitrogens with zero attached hydrogens (tertiary/aromatic N) is 1. The molecule has 1 aromatic rings. The molecule has 0 fully saturated rings. The van der Waals surface area contributed by atoms with Gasteiger partial charge in [-0.2, -0.15) is 18.3 Å². The number of aryl methyl sites for hydroxylation is 1. The third-order valence-corrected chi connectivity index (χ3v) is 3.81. The summed E-state index contributed by atoms with van der Waals surface area (Å²) in [4.78, 5) is 23.3. The number of carbonyl (C=O) groups excluding carboxylic acids is 2. The van der Waals surface area contributed by atoms with E-state index in [4.69, 9.17) is 0 Å². The monoisotopic (exact) mass is 380 g/mol. The Morgan fingerprint density at radius 2 is 2.08 bits per heavy atom. The van der Waals surface area contributed by atoms with Crippen molar-refractivity contribution in [3.63, 3.8) is 0 Å². The van der Waals surface area contributed by atoms with Crippen molar-refractivity contribution >= 4 is 35.2 Å². The predicted molar refractivity (Wildman–Crippen MR) is 84.9 cm³/mol. The number of hydrogen-bond acceptors (Lipinski definition) is 8. The number of carbonyl (C=O) groups is 2. The van der Waals surface area contributed by atoms with Gasteiger partial charge in [0.05, 0.1) is 25.6 Å². The zero-order valence-corrected chi connectivity index (χ0v) is 14.2. The molecule has 2 N–H and O–H groups in total. The molecule has 0 bridgehead atoms. The fourth-order valence-corrected chi connectivity index (χ4v) is 2.48. The fourth-order valence-electron chi connectivity index (χ4n) is 1.56. The average Bonchev–Trinajstić information content (AvgIpc) is 2.90. The topological polar surface area (TPSA) is 97.2 Å². The molecule has 0 saturated heterocycles. The van der Waals surface area contributed by atoms with Gasteiger partial charge < -0.3 is 14.6 Å². The molecule has 0 radical (unpaired) electrons. The van der Waals surface area contributed by atoms with Crippen LogP contribution in [-0.2, 0) is 14.3 Å². The van der Waals surface area contributed by atoms with Gasteiger partial charge in [-0.1, -0.05) is 0 Å². The Kier molecular flexibility index (Phi) is 6.97. The van der Waals surface area contributed by atoms with E-state index in [0.29, 0.717) is 11.8 Å². The molecule has 0 aromatic carbocycles. The van der Waals surface area contributed by atoms with Crippen LogP contribution in [0.4, 0.5) is 18.9 Å². The van der Waals surface area contributed by atoms with Crippen LogP contribution in [0.25, 0.3) is 0 Å². The molecule has 1 aromatic heterocycles. The maximum absolute atomic E-state index is 12.6. The number of allylic oxidation sites excluding steroid dienone is 1. The number of alkyl halides is 3. The highest BCUT2D eigenvalue weighted by molar-refractivity contribution is 7.12. The number of hydrazone groups is 1. The summed E-state index contributed by atoms with van der Waals surface area (Å²) >= 11 is 1.05. The second kappa shape index (κ2) is 8.51. The number of hydrogen-bond donors (Lipinski definition) is 2. The van der Waals surface area contributed by atoms with Crippen molar-refractivity contribution in [3.05, 3.63) is 27.2 Å². The van der Waals surface area contributed by atoms with Crippen LogP contribution in [0.15, 0.2) is 21.8 Å². The van der Waals surface area contributed by atoms with Gasteiger partial charge in [0.1, 0.15) is 10.5 Å². The number of ether oxygens (including phenoxy) is 2. The number of halogens is 3. The molecular formula is C14H15F3N2O5S. The fraction of sp³-hybridized carbons (Fsp3) is 0.357. The molecule has 0 atom stereocenters. The third kappa shape index (κ3) is 5.21. The first-order chi connectivity index (χ1) is 11.6. The second-order valence-corrected chi connectivity index (χ2v) is 5.34. The summed E-state index contributed by atoms with van der Waals surface area (Å²) in [6, 6.07) is 0. The van der Waals surface area contributed by atoms with E-state index in [2.05, 4.69) is 20.0 Å². The first-order valence-corrected chi connectivity index (χ1v) is 7.64. The molecule has 0 saturated carbocycles. The summed E-state index contributed by atoms with van der Waals surface area (Å²) in [5.74, 6) is -4.18. The van der Waals surface area contributed by atoms with E-state index in [9.17, 15) is 27.9 Å². The number of aliphatic hydroxyl groups is 1. The van der Waals surface area contributed by atoms with Gasteiger partial charge >= 0.3 is 18.1 Å². The standard InChI is InChI=1S/C14H15F3N2O5S/c1-4-24-12(21)8(11(20)14(15,16)17)5-18-19-9-7(2)6-25-10(9)13(22)23-3/h5-6,19-20H,4H2,1-3H3. The third-order valence-electron chi connectivity index (χ3n) is 2.73. The van der Waals surface area contributed by atoms with Crippen molar-refractivity contribution in [1.29, 1.82) is 0 Å². The van der Waals surface area contributed by atoms with Crippen molar-refractivity contribution in [2.24, 2.45) is 5.10 Å². The van der Waals surface area contributed by atoms with Gasteiger partial charge in [-0.05, 0) is 24.8 Å². The minimum atomic E-state index is -5.15. The lowest BCUT2D eigenvalue weighted by Crippen LogP contribution is -2.20. The maximum atomic E-state index is 12.6. The van der Waals surface area contributed by atoms with Crippen LogP contribution >= 0.6 is 11.3 Å². The molecule has 0 unspecified atom stereocenters. The Balaban J connectivity index is 3.14. The lowest BCUT2D eigenvalue weighted by atomic mass is 10.2. The predicted octanol–water partition coefficient (Wildman–Crippen LogP) is 3.18. The van der Waals surface area contributed by atoms with Gasteiger partial charge in [-0.15, -0.1) is 11.3 Å². The van der Waals surface area contributed by atoms with Crippen molar-refractivity contribution in [1.82, 2.24) is 0 Å². The molecule has 138 valence electrons. The summed E-state index contributed by atoms with van der Waals surface area (Å²) in [5.41, 5.74) is 2.00. The van der Waals surface area contributed by atoms with Gasteiger partial charge in [0.15, 0.2) is 0 Å². The summed E-state index contributed by atoms with van der Waals surface area (Å²) in [7, 11) is 1.17. The molecule has 0 aliphatic carbocycles. The quantitative estimate of drug-likeness (QED) is 0.259. The molecular weight excluding hydrogens is 365 g/mol. The molecule has 0 spiro atoms. The first kappa shape index (κ1) is 20.5. The van der Waals surface area contributed by atoms with Crippen molar-refractivity contribution in [3.8, 4) is 0 Å². The van der Waals surface area contributed by atoms with Crippen molar-refractivity contribution < 1.29 is 37.3 Å². The van der Waals surface area contributed by atoms with Crippen LogP contribution in [0.1, 0.15) is 22.2 Å². The van der Waals surface area contributed by atoms with Crippen molar-refractivity contribution in [2.75, 3.05) is 19.1 Å². The SMILES string of the molecule is CCOC(=O)C(C=NNc1c(C)csc1C(=O)OC)=C(O)C(F)(F)F. The van der Waals surface area contributed by atoms with Gasteiger partial charge in [-0.3, -0.25) is 5.43 Å². The Bertz CT molecular complexity index is 710. The number of methoxy groups -OCH3 is 1. The molecule has 11 heteroatoms. The summed E-state index contributed by atoms with van der Waals surface area (Å²) < 4.78 is 46.9. The van der Waals surface area contributed by atoms with E-state index in [0.717, 1.165) is 11.3 Å². The van der Waals surface area contributed by atoms with Gasteiger partial charge in [0.2, 0.25) is 5.76 Å². The van der Waals surface area contributed by atoms with Gasteiger partial charge in [-0.25, -0.2) is 9.59 Å². The zero-order valence-electron chi connectivity index (χ0n) is 13.4. The minimum Gasteiger partial charge on any atom is -0.504 e. The molecule has 0 aliphatic rings. The minimum absolute atomic E-state index is 0.152. The molecule has 0 aliphatic heterocycles. The van der Waals surface area contributed by atoms with Crippen LogP contribution in [0, 0.1) is 6.92 Å². The smallest absolute Gasteiger partial charge is 0.449 e. The molecule has 0 amide bonds. The summed E-state index contributed by atoms with van der Waals surface area (Å²) in [6.45, 7) is 2.84. The van der Waals surface area contributed by atoms with Crippen LogP contribution in [0.3, 0.4) is 0 Å².